The second-order valence-electron chi connectivity index (χ2n) is 9.91. The van der Waals surface area contributed by atoms with E-state index in [0.29, 0.717) is 19.4 Å². The molecule has 1 unspecified atom stereocenters. The van der Waals surface area contributed by atoms with E-state index >= 15 is 0 Å². The summed E-state index contributed by atoms with van der Waals surface area (Å²) in [5.74, 6) is 1.57. The van der Waals surface area contributed by atoms with Crippen LogP contribution in [0.25, 0.3) is 0 Å². The fraction of sp³-hybridized carbons (Fsp3) is 0.406. The molecule has 0 saturated carbocycles. The van der Waals surface area contributed by atoms with Crippen molar-refractivity contribution in [1.29, 1.82) is 0 Å². The van der Waals surface area contributed by atoms with Gasteiger partial charge >= 0.3 is 5.97 Å². The van der Waals surface area contributed by atoms with Gasteiger partial charge in [-0.1, -0.05) is 69.3 Å². The molecule has 0 bridgehead atoms. The van der Waals surface area contributed by atoms with Gasteiger partial charge in [0.1, 0.15) is 11.5 Å². The van der Waals surface area contributed by atoms with Gasteiger partial charge in [0.05, 0.1) is 19.8 Å². The lowest BCUT2D eigenvalue weighted by Crippen LogP contribution is -2.23. The van der Waals surface area contributed by atoms with Crippen molar-refractivity contribution < 1.29 is 19.0 Å². The highest BCUT2D eigenvalue weighted by atomic mass is 16.5. The van der Waals surface area contributed by atoms with Crippen LogP contribution in [-0.4, -0.2) is 25.8 Å². The number of carbonyl (C=O) groups is 1. The molecule has 3 aromatic carbocycles. The Balaban J connectivity index is 1.63. The molecule has 0 spiro atoms. The molecule has 0 aliphatic rings. The highest BCUT2D eigenvalue weighted by molar-refractivity contribution is 5.69. The smallest absolute Gasteiger partial charge is 0.305 e. The molecule has 0 amide bonds. The average molecular weight is 489 g/mol. The maximum absolute atomic E-state index is 11.4. The first-order valence-corrected chi connectivity index (χ1v) is 12.9. The van der Waals surface area contributed by atoms with Gasteiger partial charge in [-0.05, 0) is 67.1 Å². The molecule has 0 N–H and O–H groups in total. The molecule has 3 rings (SSSR count). The number of hydrogen-bond acceptors (Lipinski definition) is 4. The third-order valence-electron chi connectivity index (χ3n) is 6.88. The highest BCUT2D eigenvalue weighted by Gasteiger charge is 2.27. The predicted molar refractivity (Wildman–Crippen MR) is 146 cm³/mol. The molecule has 192 valence electrons. The molecule has 0 radical (unpaired) electrons. The van der Waals surface area contributed by atoms with Gasteiger partial charge in [0.15, 0.2) is 0 Å². The fourth-order valence-electron chi connectivity index (χ4n) is 4.39. The van der Waals surface area contributed by atoms with Gasteiger partial charge in [-0.2, -0.15) is 0 Å². The van der Waals surface area contributed by atoms with Crippen LogP contribution in [0.5, 0.6) is 11.5 Å². The van der Waals surface area contributed by atoms with Crippen LogP contribution >= 0.6 is 0 Å². The number of rotatable bonds is 12. The Labute approximate surface area is 216 Å². The monoisotopic (exact) mass is 488 g/mol. The van der Waals surface area contributed by atoms with Crippen molar-refractivity contribution in [2.24, 2.45) is 0 Å². The van der Waals surface area contributed by atoms with Crippen LogP contribution in [0.15, 0.2) is 66.7 Å². The van der Waals surface area contributed by atoms with E-state index in [4.69, 9.17) is 14.2 Å². The minimum absolute atomic E-state index is 0.00299. The summed E-state index contributed by atoms with van der Waals surface area (Å²) in [5, 5.41) is 0. The molecule has 1 atom stereocenters. The number of hydrogen-bond donors (Lipinski definition) is 0. The van der Waals surface area contributed by atoms with Gasteiger partial charge in [0.25, 0.3) is 0 Å². The summed E-state index contributed by atoms with van der Waals surface area (Å²) >= 11 is 0. The number of aryl methyl sites for hydroxylation is 3. The van der Waals surface area contributed by atoms with Crippen molar-refractivity contribution in [2.45, 2.75) is 71.8 Å². The van der Waals surface area contributed by atoms with Crippen molar-refractivity contribution >= 4 is 5.97 Å². The van der Waals surface area contributed by atoms with E-state index < -0.39 is 0 Å². The Morgan fingerprint density at radius 1 is 1.00 bits per heavy atom. The molecule has 4 heteroatoms. The molecule has 0 fully saturated rings. The van der Waals surface area contributed by atoms with Crippen LogP contribution in [0.3, 0.4) is 0 Å². The Morgan fingerprint density at radius 2 is 1.75 bits per heavy atom. The molecule has 0 aliphatic carbocycles. The quantitative estimate of drug-likeness (QED) is 0.252. The molecular formula is C32H40O4. The summed E-state index contributed by atoms with van der Waals surface area (Å²) in [6.45, 7) is 11.4. The first kappa shape index (κ1) is 27.3. The Hall–Kier alpha value is -3.27. The van der Waals surface area contributed by atoms with Crippen LogP contribution in [0.2, 0.25) is 0 Å². The summed E-state index contributed by atoms with van der Waals surface area (Å²) in [7, 11) is 1.42. The van der Waals surface area contributed by atoms with Gasteiger partial charge in [-0.25, -0.2) is 0 Å². The highest BCUT2D eigenvalue weighted by Crippen LogP contribution is 2.38. The van der Waals surface area contributed by atoms with Crippen molar-refractivity contribution in [1.82, 2.24) is 0 Å². The zero-order valence-corrected chi connectivity index (χ0v) is 22.6. The Bertz CT molecular complexity index is 1130. The lowest BCUT2D eigenvalue weighted by Gasteiger charge is -2.30. The van der Waals surface area contributed by atoms with Crippen molar-refractivity contribution in [2.75, 3.05) is 13.7 Å². The third kappa shape index (κ3) is 7.13. The number of carbonyl (C=O) groups excluding carboxylic acids is 1. The zero-order valence-electron chi connectivity index (χ0n) is 22.6. The van der Waals surface area contributed by atoms with Gasteiger partial charge in [0.2, 0.25) is 0 Å². The molecular weight excluding hydrogens is 448 g/mol. The summed E-state index contributed by atoms with van der Waals surface area (Å²) < 4.78 is 17.2. The van der Waals surface area contributed by atoms with Gasteiger partial charge in [-0.3, -0.25) is 4.79 Å². The topological polar surface area (TPSA) is 44.8 Å². The van der Waals surface area contributed by atoms with Crippen LogP contribution < -0.4 is 9.47 Å². The summed E-state index contributed by atoms with van der Waals surface area (Å²) in [4.78, 5) is 11.4. The standard InChI is InChI=1S/C32H40O4/c1-7-25-13-17-30(29(22-25)32(4,5)27-11-9-8-10-12-27)36-24(3)19-20-35-28-16-14-26(23(2)21-28)15-18-31(33)34-6/h8-14,16-17,21-22,24H,7,15,18-20H2,1-6H3. The molecule has 0 aliphatic heterocycles. The number of esters is 1. The lowest BCUT2D eigenvalue weighted by atomic mass is 9.77. The first-order chi connectivity index (χ1) is 17.2. The van der Waals surface area contributed by atoms with Gasteiger partial charge in [-0.15, -0.1) is 0 Å². The van der Waals surface area contributed by atoms with Crippen LogP contribution in [0.1, 0.15) is 68.4 Å². The number of benzene rings is 3. The Morgan fingerprint density at radius 3 is 2.42 bits per heavy atom. The second-order valence-corrected chi connectivity index (χ2v) is 9.91. The predicted octanol–water partition coefficient (Wildman–Crippen LogP) is 7.23. The molecule has 36 heavy (non-hydrogen) atoms. The summed E-state index contributed by atoms with van der Waals surface area (Å²) in [6, 6.07) is 23.2. The minimum atomic E-state index is -0.191. The van der Waals surface area contributed by atoms with Gasteiger partial charge < -0.3 is 14.2 Å². The molecule has 3 aromatic rings. The van der Waals surface area contributed by atoms with E-state index in [1.165, 1.54) is 23.8 Å². The van der Waals surface area contributed by atoms with Crippen molar-refractivity contribution in [3.63, 3.8) is 0 Å². The van der Waals surface area contributed by atoms with Crippen LogP contribution in [-0.2, 0) is 27.8 Å². The molecule has 0 aromatic heterocycles. The number of ether oxygens (including phenoxy) is 3. The van der Waals surface area contributed by atoms with Gasteiger partial charge in [0, 0.05) is 23.8 Å². The van der Waals surface area contributed by atoms with Crippen LogP contribution in [0.4, 0.5) is 0 Å². The average Bonchev–Trinajstić information content (AvgIpc) is 2.88. The first-order valence-electron chi connectivity index (χ1n) is 12.9. The second kappa shape index (κ2) is 12.6. The van der Waals surface area contributed by atoms with E-state index in [1.54, 1.807) is 0 Å². The summed E-state index contributed by atoms with van der Waals surface area (Å²) in [5.41, 5.74) is 5.86. The normalized spacial score (nSPS) is 12.2. The SMILES string of the molecule is CCc1ccc(OC(C)CCOc2ccc(CCC(=O)OC)c(C)c2)c(C(C)(C)c2ccccc2)c1. The summed E-state index contributed by atoms with van der Waals surface area (Å²) in [6.07, 6.45) is 2.81. The van der Waals surface area contributed by atoms with E-state index in [-0.39, 0.29) is 17.5 Å². The fourth-order valence-corrected chi connectivity index (χ4v) is 4.39. The maximum atomic E-state index is 11.4. The number of methoxy groups -OCH3 is 1. The van der Waals surface area contributed by atoms with Crippen molar-refractivity contribution in [3.05, 3.63) is 94.5 Å². The molecule has 0 heterocycles. The van der Waals surface area contributed by atoms with E-state index in [0.717, 1.165) is 35.5 Å². The van der Waals surface area contributed by atoms with E-state index in [2.05, 4.69) is 76.2 Å². The minimum Gasteiger partial charge on any atom is -0.493 e. The van der Waals surface area contributed by atoms with E-state index in [1.807, 2.05) is 25.1 Å². The third-order valence-corrected chi connectivity index (χ3v) is 6.88. The van der Waals surface area contributed by atoms with Crippen LogP contribution in [0, 0.1) is 6.92 Å². The lowest BCUT2D eigenvalue weighted by molar-refractivity contribution is -0.140. The Kier molecular flexibility index (Phi) is 9.58. The van der Waals surface area contributed by atoms with Crippen molar-refractivity contribution in [3.8, 4) is 11.5 Å². The largest absolute Gasteiger partial charge is 0.493 e. The maximum Gasteiger partial charge on any atom is 0.305 e. The molecule has 0 saturated heterocycles. The van der Waals surface area contributed by atoms with E-state index in [9.17, 15) is 4.79 Å². The zero-order chi connectivity index (χ0) is 26.1. The molecule has 4 nitrogen and oxygen atoms in total.